The summed E-state index contributed by atoms with van der Waals surface area (Å²) in [5.74, 6) is 0. The van der Waals surface area contributed by atoms with E-state index in [0.29, 0.717) is 0 Å². The molecular weight excluding hydrogens is 198 g/mol. The van der Waals surface area contributed by atoms with Gasteiger partial charge in [-0.05, 0) is 31.5 Å². The third-order valence-electron chi connectivity index (χ3n) is 3.44. The van der Waals surface area contributed by atoms with Crippen molar-refractivity contribution in [1.29, 1.82) is 0 Å². The lowest BCUT2D eigenvalue weighted by molar-refractivity contribution is 0.127. The summed E-state index contributed by atoms with van der Waals surface area (Å²) in [4.78, 5) is 2.43. The van der Waals surface area contributed by atoms with Crippen LogP contribution in [0, 0.1) is 0 Å². The largest absolute Gasteiger partial charge is 0.394 e. The molecular formula is C14H21NO. The van der Waals surface area contributed by atoms with Gasteiger partial charge in [-0.1, -0.05) is 43.2 Å². The van der Waals surface area contributed by atoms with Gasteiger partial charge >= 0.3 is 0 Å². The van der Waals surface area contributed by atoms with Gasteiger partial charge in [-0.2, -0.15) is 0 Å². The molecule has 2 heteroatoms. The molecule has 1 atom stereocenters. The molecule has 0 unspecified atom stereocenters. The number of benzene rings is 1. The number of aliphatic hydroxyl groups is 1. The molecule has 1 aromatic rings. The van der Waals surface area contributed by atoms with Gasteiger partial charge in [-0.15, -0.1) is 0 Å². The van der Waals surface area contributed by atoms with E-state index < -0.39 is 0 Å². The predicted octanol–water partition coefficient (Wildman–Crippen LogP) is 2.60. The van der Waals surface area contributed by atoms with Crippen LogP contribution in [0.1, 0.15) is 37.3 Å². The van der Waals surface area contributed by atoms with Crippen LogP contribution in [0.15, 0.2) is 30.3 Å². The van der Waals surface area contributed by atoms with Crippen molar-refractivity contribution in [2.24, 2.45) is 0 Å². The Labute approximate surface area is 97.9 Å². The number of likely N-dealkylation sites (tertiary alicyclic amines) is 1. The second kappa shape index (κ2) is 6.02. The van der Waals surface area contributed by atoms with Crippen molar-refractivity contribution in [2.45, 2.75) is 31.7 Å². The van der Waals surface area contributed by atoms with Crippen molar-refractivity contribution < 1.29 is 5.11 Å². The van der Waals surface area contributed by atoms with Gasteiger partial charge < -0.3 is 5.11 Å². The lowest BCUT2D eigenvalue weighted by Crippen LogP contribution is -2.32. The summed E-state index contributed by atoms with van der Waals surface area (Å²) in [6.45, 7) is 2.48. The first-order chi connectivity index (χ1) is 7.92. The summed E-state index contributed by atoms with van der Waals surface area (Å²) in [6.07, 6.45) is 5.21. The fourth-order valence-electron chi connectivity index (χ4n) is 2.51. The van der Waals surface area contributed by atoms with Gasteiger partial charge in [0.2, 0.25) is 0 Å². The zero-order valence-electron chi connectivity index (χ0n) is 9.81. The highest BCUT2D eigenvalue weighted by atomic mass is 16.3. The zero-order chi connectivity index (χ0) is 11.2. The van der Waals surface area contributed by atoms with Crippen molar-refractivity contribution in [3.05, 3.63) is 35.9 Å². The van der Waals surface area contributed by atoms with Gasteiger partial charge in [0.25, 0.3) is 0 Å². The van der Waals surface area contributed by atoms with Crippen LogP contribution in [0.2, 0.25) is 0 Å². The standard InChI is InChI=1S/C14H21NO/c16-12-14(13-8-4-3-5-9-13)15-10-6-1-2-7-11-15/h3-5,8-9,14,16H,1-2,6-7,10-12H2/t14-/m1/s1. The number of hydrogen-bond acceptors (Lipinski definition) is 2. The minimum absolute atomic E-state index is 0.194. The van der Waals surface area contributed by atoms with Crippen LogP contribution in [0.25, 0.3) is 0 Å². The van der Waals surface area contributed by atoms with Crippen LogP contribution >= 0.6 is 0 Å². The smallest absolute Gasteiger partial charge is 0.0628 e. The van der Waals surface area contributed by atoms with Crippen molar-refractivity contribution in [1.82, 2.24) is 4.90 Å². The monoisotopic (exact) mass is 219 g/mol. The van der Waals surface area contributed by atoms with Crippen LogP contribution in [0.4, 0.5) is 0 Å². The molecule has 88 valence electrons. The van der Waals surface area contributed by atoms with Crippen LogP contribution in [-0.4, -0.2) is 29.7 Å². The minimum atomic E-state index is 0.194. The molecule has 1 aliphatic heterocycles. The van der Waals surface area contributed by atoms with E-state index >= 15 is 0 Å². The van der Waals surface area contributed by atoms with Crippen LogP contribution in [0.5, 0.6) is 0 Å². The maximum atomic E-state index is 9.58. The predicted molar refractivity (Wildman–Crippen MR) is 66.3 cm³/mol. The number of hydrogen-bond donors (Lipinski definition) is 1. The highest BCUT2D eigenvalue weighted by Gasteiger charge is 2.20. The summed E-state index contributed by atoms with van der Waals surface area (Å²) in [7, 11) is 0. The highest BCUT2D eigenvalue weighted by Crippen LogP contribution is 2.23. The van der Waals surface area contributed by atoms with Gasteiger partial charge in [0.15, 0.2) is 0 Å². The molecule has 0 saturated carbocycles. The summed E-state index contributed by atoms with van der Waals surface area (Å²) in [5, 5.41) is 9.58. The number of rotatable bonds is 3. The molecule has 1 heterocycles. The van der Waals surface area contributed by atoms with Crippen molar-refractivity contribution >= 4 is 0 Å². The van der Waals surface area contributed by atoms with Crippen LogP contribution in [-0.2, 0) is 0 Å². The lowest BCUT2D eigenvalue weighted by atomic mass is 10.1. The summed E-state index contributed by atoms with van der Waals surface area (Å²) >= 11 is 0. The van der Waals surface area contributed by atoms with E-state index in [2.05, 4.69) is 29.2 Å². The quantitative estimate of drug-likeness (QED) is 0.844. The fraction of sp³-hybridized carbons (Fsp3) is 0.571. The Morgan fingerprint density at radius 1 is 1.00 bits per heavy atom. The SMILES string of the molecule is OC[C@H](c1ccccc1)N1CCCCCC1. The van der Waals surface area contributed by atoms with Crippen LogP contribution < -0.4 is 0 Å². The Kier molecular flexibility index (Phi) is 4.37. The van der Waals surface area contributed by atoms with E-state index in [-0.39, 0.29) is 12.6 Å². The van der Waals surface area contributed by atoms with E-state index in [0.717, 1.165) is 13.1 Å². The molecule has 0 aromatic heterocycles. The molecule has 1 fully saturated rings. The molecule has 2 nitrogen and oxygen atoms in total. The molecule has 0 amide bonds. The zero-order valence-corrected chi connectivity index (χ0v) is 9.81. The number of aliphatic hydroxyl groups excluding tert-OH is 1. The van der Waals surface area contributed by atoms with E-state index in [1.807, 2.05) is 6.07 Å². The molecule has 1 aromatic carbocycles. The second-order valence-corrected chi connectivity index (χ2v) is 4.56. The molecule has 16 heavy (non-hydrogen) atoms. The first-order valence-corrected chi connectivity index (χ1v) is 6.31. The Hall–Kier alpha value is -0.860. The maximum absolute atomic E-state index is 9.58. The molecule has 0 bridgehead atoms. The van der Waals surface area contributed by atoms with Gasteiger partial charge in [-0.25, -0.2) is 0 Å². The van der Waals surface area contributed by atoms with E-state index in [9.17, 15) is 5.11 Å². The lowest BCUT2D eigenvalue weighted by Gasteiger charge is -2.29. The van der Waals surface area contributed by atoms with Crippen molar-refractivity contribution in [2.75, 3.05) is 19.7 Å². The molecule has 0 spiro atoms. The maximum Gasteiger partial charge on any atom is 0.0628 e. The average molecular weight is 219 g/mol. The average Bonchev–Trinajstić information content (AvgIpc) is 2.61. The number of nitrogens with zero attached hydrogens (tertiary/aromatic N) is 1. The van der Waals surface area contributed by atoms with Crippen LogP contribution in [0.3, 0.4) is 0 Å². The normalized spacial score (nSPS) is 20.3. The molecule has 0 radical (unpaired) electrons. The van der Waals surface area contributed by atoms with E-state index in [4.69, 9.17) is 0 Å². The summed E-state index contributed by atoms with van der Waals surface area (Å²) < 4.78 is 0. The minimum Gasteiger partial charge on any atom is -0.394 e. The molecule has 2 rings (SSSR count). The first-order valence-electron chi connectivity index (χ1n) is 6.31. The molecule has 1 aliphatic rings. The fourth-order valence-corrected chi connectivity index (χ4v) is 2.51. The van der Waals surface area contributed by atoms with Crippen molar-refractivity contribution in [3.63, 3.8) is 0 Å². The van der Waals surface area contributed by atoms with Gasteiger partial charge in [0, 0.05) is 0 Å². The van der Waals surface area contributed by atoms with E-state index in [1.165, 1.54) is 31.2 Å². The van der Waals surface area contributed by atoms with Gasteiger partial charge in [0.05, 0.1) is 12.6 Å². The summed E-state index contributed by atoms with van der Waals surface area (Å²) in [6, 6.07) is 10.6. The Balaban J connectivity index is 2.09. The topological polar surface area (TPSA) is 23.5 Å². The van der Waals surface area contributed by atoms with Crippen molar-refractivity contribution in [3.8, 4) is 0 Å². The second-order valence-electron chi connectivity index (χ2n) is 4.56. The van der Waals surface area contributed by atoms with E-state index in [1.54, 1.807) is 0 Å². The molecule has 1 saturated heterocycles. The Morgan fingerprint density at radius 3 is 2.19 bits per heavy atom. The third-order valence-corrected chi connectivity index (χ3v) is 3.44. The highest BCUT2D eigenvalue weighted by molar-refractivity contribution is 5.19. The molecule has 0 aliphatic carbocycles. The Morgan fingerprint density at radius 2 is 1.62 bits per heavy atom. The third kappa shape index (κ3) is 2.83. The van der Waals surface area contributed by atoms with Gasteiger partial charge in [-0.3, -0.25) is 4.90 Å². The molecule has 1 N–H and O–H groups in total. The Bertz CT molecular complexity index is 291. The first kappa shape index (κ1) is 11.6. The van der Waals surface area contributed by atoms with Gasteiger partial charge in [0.1, 0.15) is 0 Å². The summed E-state index contributed by atoms with van der Waals surface area (Å²) in [5.41, 5.74) is 1.24.